The Balaban J connectivity index is 1.73. The molecule has 3 rings (SSSR count). The minimum absolute atomic E-state index is 0.330. The van der Waals surface area contributed by atoms with Gasteiger partial charge in [0.1, 0.15) is 0 Å². The summed E-state index contributed by atoms with van der Waals surface area (Å²) < 4.78 is 5.75. The summed E-state index contributed by atoms with van der Waals surface area (Å²) >= 11 is 0. The number of nitrogens with one attached hydrogen (secondary N) is 1. The predicted octanol–water partition coefficient (Wildman–Crippen LogP) is 0.791. The van der Waals surface area contributed by atoms with Gasteiger partial charge in [0.05, 0.1) is 18.2 Å². The van der Waals surface area contributed by atoms with E-state index in [0.717, 1.165) is 12.8 Å². The van der Waals surface area contributed by atoms with Gasteiger partial charge in [-0.25, -0.2) is 9.97 Å². The van der Waals surface area contributed by atoms with E-state index in [2.05, 4.69) is 15.3 Å². The molecule has 1 aromatic heterocycles. The van der Waals surface area contributed by atoms with Crippen molar-refractivity contribution in [2.75, 3.05) is 11.1 Å². The van der Waals surface area contributed by atoms with Crippen molar-refractivity contribution in [3.05, 3.63) is 12.4 Å². The van der Waals surface area contributed by atoms with Gasteiger partial charge in [-0.05, 0) is 19.3 Å². The van der Waals surface area contributed by atoms with Crippen molar-refractivity contribution in [3.63, 3.8) is 0 Å². The second kappa shape index (κ2) is 3.34. The van der Waals surface area contributed by atoms with Crippen LogP contribution < -0.4 is 11.1 Å². The smallest absolute Gasteiger partial charge is 0.169 e. The fraction of sp³-hybridized carbons (Fsp3) is 0.600. The molecule has 2 aliphatic rings. The van der Waals surface area contributed by atoms with Gasteiger partial charge in [-0.3, -0.25) is 0 Å². The molecule has 3 unspecified atom stereocenters. The average Bonchev–Trinajstić information content (AvgIpc) is 2.83. The highest BCUT2D eigenvalue weighted by molar-refractivity contribution is 5.55. The Bertz CT molecular complexity index is 370. The summed E-state index contributed by atoms with van der Waals surface area (Å²) in [7, 11) is 0. The Labute approximate surface area is 88.1 Å². The normalized spacial score (nSPS) is 33.2. The Kier molecular flexibility index (Phi) is 1.98. The van der Waals surface area contributed by atoms with Crippen LogP contribution in [0.25, 0.3) is 0 Å². The van der Waals surface area contributed by atoms with E-state index in [0.29, 0.717) is 29.9 Å². The van der Waals surface area contributed by atoms with Gasteiger partial charge in [-0.15, -0.1) is 0 Å². The van der Waals surface area contributed by atoms with Gasteiger partial charge in [0.15, 0.2) is 11.6 Å². The molecule has 0 spiro atoms. The third kappa shape index (κ3) is 1.52. The standard InChI is InChI=1S/C10H14N4O/c11-9-10(13-4-3-12-9)14-7-5-6-1-2-8(7)15-6/h3-4,6-8H,1-2,5H2,(H2,11,12)(H,13,14). The number of rotatable bonds is 2. The molecule has 2 fully saturated rings. The summed E-state index contributed by atoms with van der Waals surface area (Å²) in [5, 5.41) is 3.32. The van der Waals surface area contributed by atoms with Gasteiger partial charge in [0, 0.05) is 12.4 Å². The Morgan fingerprint density at radius 2 is 2.20 bits per heavy atom. The molecule has 15 heavy (non-hydrogen) atoms. The largest absolute Gasteiger partial charge is 0.381 e. The molecule has 3 N–H and O–H groups in total. The van der Waals surface area contributed by atoms with Crippen LogP contribution in [0.3, 0.4) is 0 Å². The van der Waals surface area contributed by atoms with Crippen molar-refractivity contribution in [1.82, 2.24) is 9.97 Å². The van der Waals surface area contributed by atoms with Crippen LogP contribution in [-0.2, 0) is 4.74 Å². The van der Waals surface area contributed by atoms with E-state index in [1.54, 1.807) is 12.4 Å². The Morgan fingerprint density at radius 1 is 1.33 bits per heavy atom. The highest BCUT2D eigenvalue weighted by Crippen LogP contribution is 2.36. The van der Waals surface area contributed by atoms with Crippen LogP contribution in [0.4, 0.5) is 11.6 Å². The molecular weight excluding hydrogens is 192 g/mol. The van der Waals surface area contributed by atoms with E-state index in [1.807, 2.05) is 0 Å². The third-order valence-electron chi connectivity index (χ3n) is 3.15. The van der Waals surface area contributed by atoms with Crippen molar-refractivity contribution in [3.8, 4) is 0 Å². The van der Waals surface area contributed by atoms with Crippen molar-refractivity contribution < 1.29 is 4.74 Å². The minimum Gasteiger partial charge on any atom is -0.381 e. The molecular formula is C10H14N4O. The molecule has 3 atom stereocenters. The van der Waals surface area contributed by atoms with Crippen molar-refractivity contribution in [2.45, 2.75) is 37.5 Å². The summed E-state index contributed by atoms with van der Waals surface area (Å²) in [6, 6.07) is 0.350. The molecule has 80 valence electrons. The molecule has 2 bridgehead atoms. The predicted molar refractivity (Wildman–Crippen MR) is 56.4 cm³/mol. The Hall–Kier alpha value is -1.36. The number of hydrogen-bond donors (Lipinski definition) is 2. The molecule has 5 heteroatoms. The lowest BCUT2D eigenvalue weighted by Gasteiger charge is -2.20. The number of ether oxygens (including phenoxy) is 1. The molecule has 2 saturated heterocycles. The highest BCUT2D eigenvalue weighted by atomic mass is 16.5. The fourth-order valence-corrected chi connectivity index (χ4v) is 2.43. The maximum absolute atomic E-state index is 5.75. The van der Waals surface area contributed by atoms with Crippen LogP contribution >= 0.6 is 0 Å². The van der Waals surface area contributed by atoms with Crippen LogP contribution in [0.2, 0.25) is 0 Å². The average molecular weight is 206 g/mol. The number of aromatic nitrogens is 2. The Morgan fingerprint density at radius 3 is 2.87 bits per heavy atom. The number of nitrogens with two attached hydrogens (primary N) is 1. The van der Waals surface area contributed by atoms with Crippen LogP contribution in [-0.4, -0.2) is 28.2 Å². The zero-order valence-electron chi connectivity index (χ0n) is 8.39. The summed E-state index contributed by atoms with van der Waals surface area (Å²) in [6.07, 6.45) is 7.40. The molecule has 2 aliphatic heterocycles. The third-order valence-corrected chi connectivity index (χ3v) is 3.15. The van der Waals surface area contributed by atoms with Crippen LogP contribution in [0.5, 0.6) is 0 Å². The molecule has 1 aromatic rings. The van der Waals surface area contributed by atoms with Crippen LogP contribution in [0.15, 0.2) is 12.4 Å². The molecule has 0 aromatic carbocycles. The van der Waals surface area contributed by atoms with E-state index >= 15 is 0 Å². The van der Waals surface area contributed by atoms with E-state index < -0.39 is 0 Å². The topological polar surface area (TPSA) is 73.1 Å². The first-order chi connectivity index (χ1) is 7.33. The number of fused-ring (bicyclic) bond motifs is 2. The van der Waals surface area contributed by atoms with Gasteiger partial charge < -0.3 is 15.8 Å². The first-order valence-electron chi connectivity index (χ1n) is 5.31. The number of nitrogen functional groups attached to an aromatic ring is 1. The lowest BCUT2D eigenvalue weighted by molar-refractivity contribution is 0.102. The lowest BCUT2D eigenvalue weighted by Crippen LogP contribution is -2.31. The zero-order chi connectivity index (χ0) is 10.3. The SMILES string of the molecule is Nc1nccnc1NC1CC2CCC1O2. The van der Waals surface area contributed by atoms with Gasteiger partial charge >= 0.3 is 0 Å². The van der Waals surface area contributed by atoms with Crippen LogP contribution in [0.1, 0.15) is 19.3 Å². The molecule has 3 heterocycles. The summed E-state index contributed by atoms with van der Waals surface area (Å²) in [5.41, 5.74) is 5.72. The van der Waals surface area contributed by atoms with Gasteiger partial charge in [0.2, 0.25) is 0 Å². The number of anilines is 2. The van der Waals surface area contributed by atoms with E-state index in [4.69, 9.17) is 10.5 Å². The maximum Gasteiger partial charge on any atom is 0.169 e. The lowest BCUT2D eigenvalue weighted by atomic mass is 9.95. The molecule has 5 nitrogen and oxygen atoms in total. The fourth-order valence-electron chi connectivity index (χ4n) is 2.43. The van der Waals surface area contributed by atoms with Gasteiger partial charge in [0.25, 0.3) is 0 Å². The van der Waals surface area contributed by atoms with E-state index in [-0.39, 0.29) is 0 Å². The monoisotopic (exact) mass is 206 g/mol. The zero-order valence-corrected chi connectivity index (χ0v) is 8.39. The first kappa shape index (κ1) is 8.91. The maximum atomic E-state index is 5.75. The van der Waals surface area contributed by atoms with E-state index in [1.165, 1.54) is 6.42 Å². The van der Waals surface area contributed by atoms with Crippen molar-refractivity contribution in [1.29, 1.82) is 0 Å². The van der Waals surface area contributed by atoms with Crippen LogP contribution in [0, 0.1) is 0 Å². The number of hydrogen-bond acceptors (Lipinski definition) is 5. The summed E-state index contributed by atoms with van der Waals surface area (Å²) in [4.78, 5) is 8.17. The molecule has 0 amide bonds. The highest BCUT2D eigenvalue weighted by Gasteiger charge is 2.40. The van der Waals surface area contributed by atoms with Crippen molar-refractivity contribution in [2.24, 2.45) is 0 Å². The first-order valence-corrected chi connectivity index (χ1v) is 5.31. The molecule has 0 aliphatic carbocycles. The van der Waals surface area contributed by atoms with Gasteiger partial charge in [-0.2, -0.15) is 0 Å². The summed E-state index contributed by atoms with van der Waals surface area (Å²) in [6.45, 7) is 0. The number of nitrogens with zero attached hydrogens (tertiary/aromatic N) is 2. The quantitative estimate of drug-likeness (QED) is 0.748. The summed E-state index contributed by atoms with van der Waals surface area (Å²) in [5.74, 6) is 1.14. The molecule has 0 saturated carbocycles. The minimum atomic E-state index is 0.330. The molecule has 0 radical (unpaired) electrons. The van der Waals surface area contributed by atoms with Gasteiger partial charge in [-0.1, -0.05) is 0 Å². The second-order valence-corrected chi connectivity index (χ2v) is 4.15. The van der Waals surface area contributed by atoms with Crippen molar-refractivity contribution >= 4 is 11.6 Å². The second-order valence-electron chi connectivity index (χ2n) is 4.15. The van der Waals surface area contributed by atoms with E-state index in [9.17, 15) is 0 Å².